The Morgan fingerprint density at radius 3 is 2.82 bits per heavy atom. The highest BCUT2D eigenvalue weighted by Gasteiger charge is 2.29. The van der Waals surface area contributed by atoms with Crippen LogP contribution in [-0.2, 0) is 17.9 Å². The number of carbonyl (C=O) groups is 1. The maximum absolute atomic E-state index is 14.1. The zero-order valence-electron chi connectivity index (χ0n) is 17.6. The largest absolute Gasteiger partial charge is 0.467 e. The van der Waals surface area contributed by atoms with E-state index in [1.807, 2.05) is 36.4 Å². The highest BCUT2D eigenvalue weighted by molar-refractivity contribution is 6.09. The van der Waals surface area contributed by atoms with E-state index in [2.05, 4.69) is 15.5 Å². The van der Waals surface area contributed by atoms with Crippen molar-refractivity contribution in [3.05, 3.63) is 76.7 Å². The van der Waals surface area contributed by atoms with Gasteiger partial charge in [0.25, 0.3) is 11.6 Å². The van der Waals surface area contributed by atoms with Crippen LogP contribution in [0.1, 0.15) is 45.9 Å². The predicted octanol–water partition coefficient (Wildman–Crippen LogP) is 4.70. The average Bonchev–Trinajstić information content (AvgIpc) is 3.61. The van der Waals surface area contributed by atoms with Crippen LogP contribution >= 0.6 is 0 Å². The first-order valence-electron chi connectivity index (χ1n) is 10.8. The second kappa shape index (κ2) is 7.97. The minimum absolute atomic E-state index is 0.0937. The molecule has 2 aromatic heterocycles. The molecule has 1 amide bonds. The van der Waals surface area contributed by atoms with Crippen LogP contribution in [0.3, 0.4) is 0 Å². The number of halogens is 1. The molecule has 0 bridgehead atoms. The van der Waals surface area contributed by atoms with Crippen LogP contribution in [0, 0.1) is 5.82 Å². The van der Waals surface area contributed by atoms with Gasteiger partial charge in [-0.2, -0.15) is 0 Å². The van der Waals surface area contributed by atoms with E-state index >= 15 is 0 Å². The van der Waals surface area contributed by atoms with Crippen LogP contribution in [0.25, 0.3) is 22.4 Å². The molecule has 0 radical (unpaired) electrons. The number of pyridine rings is 1. The van der Waals surface area contributed by atoms with E-state index in [-0.39, 0.29) is 25.9 Å². The summed E-state index contributed by atoms with van der Waals surface area (Å²) in [5, 5.41) is 7.70. The van der Waals surface area contributed by atoms with E-state index < -0.39 is 5.82 Å². The molecule has 33 heavy (non-hydrogen) atoms. The molecule has 2 aromatic carbocycles. The monoisotopic (exact) mass is 445 g/mol. The summed E-state index contributed by atoms with van der Waals surface area (Å²) in [6, 6.07) is 14.1. The van der Waals surface area contributed by atoms with Crippen molar-refractivity contribution in [3.8, 4) is 17.0 Å². The number of fused-ring (bicyclic) bond motifs is 2. The zero-order chi connectivity index (χ0) is 22.4. The van der Waals surface area contributed by atoms with E-state index in [1.54, 1.807) is 0 Å². The van der Waals surface area contributed by atoms with Gasteiger partial charge in [0.2, 0.25) is 0 Å². The Kier molecular flexibility index (Phi) is 4.80. The molecule has 6 rings (SSSR count). The zero-order valence-corrected chi connectivity index (χ0v) is 17.6. The first kappa shape index (κ1) is 19.9. The van der Waals surface area contributed by atoms with E-state index in [4.69, 9.17) is 14.0 Å². The predicted molar refractivity (Wildman–Crippen MR) is 117 cm³/mol. The highest BCUT2D eigenvalue weighted by Crippen LogP contribution is 2.41. The molecule has 1 N–H and O–H groups in total. The van der Waals surface area contributed by atoms with Crippen molar-refractivity contribution < 1.29 is 23.2 Å². The summed E-state index contributed by atoms with van der Waals surface area (Å²) in [5.74, 6) is 0.167. The van der Waals surface area contributed by atoms with Gasteiger partial charge in [-0.05, 0) is 31.0 Å². The molecule has 1 aliphatic carbocycles. The molecule has 8 heteroatoms. The molecule has 0 saturated heterocycles. The quantitative estimate of drug-likeness (QED) is 0.479. The number of hydrogen-bond donors (Lipinski definition) is 1. The molecule has 4 aromatic rings. The number of hydrogen-bond acceptors (Lipinski definition) is 6. The van der Waals surface area contributed by atoms with Gasteiger partial charge < -0.3 is 19.3 Å². The van der Waals surface area contributed by atoms with Crippen LogP contribution in [-0.4, -0.2) is 22.8 Å². The number of benzene rings is 2. The summed E-state index contributed by atoms with van der Waals surface area (Å²) >= 11 is 0. The number of nitrogens with one attached hydrogen (secondary N) is 1. The minimum atomic E-state index is -0.403. The van der Waals surface area contributed by atoms with Gasteiger partial charge in [0.15, 0.2) is 6.79 Å². The van der Waals surface area contributed by atoms with Crippen LogP contribution in [0.15, 0.2) is 53.1 Å². The van der Waals surface area contributed by atoms with Crippen molar-refractivity contribution in [1.82, 2.24) is 15.5 Å². The second-order valence-electron chi connectivity index (χ2n) is 8.29. The molecule has 7 nitrogen and oxygen atoms in total. The maximum Gasteiger partial charge on any atom is 0.259 e. The molecule has 166 valence electrons. The normalized spacial score (nSPS) is 15.2. The Hall–Kier alpha value is -3.78. The topological polar surface area (TPSA) is 86.5 Å². The van der Waals surface area contributed by atoms with Crippen LogP contribution in [0.4, 0.5) is 4.39 Å². The molecular formula is C25H20FN3O4. The lowest BCUT2D eigenvalue weighted by Crippen LogP contribution is -2.25. The molecule has 0 spiro atoms. The summed E-state index contributed by atoms with van der Waals surface area (Å²) in [5.41, 5.74) is 4.19. The molecule has 1 aliphatic heterocycles. The molecule has 3 heterocycles. The van der Waals surface area contributed by atoms with Crippen molar-refractivity contribution >= 4 is 17.0 Å². The van der Waals surface area contributed by atoms with Crippen LogP contribution < -0.4 is 10.1 Å². The molecule has 1 fully saturated rings. The number of ether oxygens (including phenoxy) is 2. The van der Waals surface area contributed by atoms with Crippen LogP contribution in [0.5, 0.6) is 5.75 Å². The summed E-state index contributed by atoms with van der Waals surface area (Å²) in [6.45, 7) is 0.467. The van der Waals surface area contributed by atoms with Gasteiger partial charge in [-0.25, -0.2) is 9.37 Å². The fraction of sp³-hybridized carbons (Fsp3) is 0.240. The maximum atomic E-state index is 14.1. The van der Waals surface area contributed by atoms with Crippen molar-refractivity contribution in [3.63, 3.8) is 0 Å². The van der Waals surface area contributed by atoms with Gasteiger partial charge >= 0.3 is 0 Å². The summed E-state index contributed by atoms with van der Waals surface area (Å²) in [7, 11) is 0. The highest BCUT2D eigenvalue weighted by atomic mass is 19.1. The third-order valence-electron chi connectivity index (χ3n) is 5.94. The first-order chi connectivity index (χ1) is 16.2. The SMILES string of the molecule is O=C(NCc1cc(F)cc2c1OCOC2)c1cc(C2CC2)nc2onc(-c3ccccc3)c12. The Morgan fingerprint density at radius 2 is 2.00 bits per heavy atom. The minimum Gasteiger partial charge on any atom is -0.467 e. The molecular weight excluding hydrogens is 425 g/mol. The Bertz CT molecular complexity index is 1370. The van der Waals surface area contributed by atoms with Gasteiger partial charge in [-0.3, -0.25) is 4.79 Å². The molecule has 0 atom stereocenters. The van der Waals surface area contributed by atoms with Gasteiger partial charge in [-0.15, -0.1) is 0 Å². The Balaban J connectivity index is 1.37. The van der Waals surface area contributed by atoms with Crippen molar-refractivity contribution in [2.24, 2.45) is 0 Å². The second-order valence-corrected chi connectivity index (χ2v) is 8.29. The van der Waals surface area contributed by atoms with E-state index in [0.29, 0.717) is 45.2 Å². The first-order valence-corrected chi connectivity index (χ1v) is 10.8. The van der Waals surface area contributed by atoms with Crippen molar-refractivity contribution in [2.45, 2.75) is 31.9 Å². The molecule has 2 aliphatic rings. The number of carbonyl (C=O) groups excluding carboxylic acids is 1. The van der Waals surface area contributed by atoms with E-state index in [9.17, 15) is 9.18 Å². The van der Waals surface area contributed by atoms with Gasteiger partial charge in [0.05, 0.1) is 17.6 Å². The lowest BCUT2D eigenvalue weighted by molar-refractivity contribution is -0.0173. The molecule has 0 unspecified atom stereocenters. The number of nitrogens with zero attached hydrogens (tertiary/aromatic N) is 2. The van der Waals surface area contributed by atoms with Crippen molar-refractivity contribution in [1.29, 1.82) is 0 Å². The third kappa shape index (κ3) is 3.72. The van der Waals surface area contributed by atoms with Gasteiger partial charge in [0, 0.05) is 34.8 Å². The van der Waals surface area contributed by atoms with Gasteiger partial charge in [-0.1, -0.05) is 35.5 Å². The van der Waals surface area contributed by atoms with E-state index in [1.165, 1.54) is 12.1 Å². The number of rotatable bonds is 5. The Morgan fingerprint density at radius 1 is 1.15 bits per heavy atom. The third-order valence-corrected chi connectivity index (χ3v) is 5.94. The van der Waals surface area contributed by atoms with E-state index in [0.717, 1.165) is 24.1 Å². The summed E-state index contributed by atoms with van der Waals surface area (Å²) in [6.07, 6.45) is 2.07. The lowest BCUT2D eigenvalue weighted by atomic mass is 10.0. The van der Waals surface area contributed by atoms with Crippen LogP contribution in [0.2, 0.25) is 0 Å². The lowest BCUT2D eigenvalue weighted by Gasteiger charge is -2.21. The fourth-order valence-electron chi connectivity index (χ4n) is 4.19. The number of aromatic nitrogens is 2. The van der Waals surface area contributed by atoms with Crippen molar-refractivity contribution in [2.75, 3.05) is 6.79 Å². The standard InChI is InChI=1S/C25H20FN3O4/c26-18-8-16(23-17(9-18)12-31-13-32-23)11-27-24(30)19-10-20(14-6-7-14)28-25-21(19)22(29-33-25)15-4-2-1-3-5-15/h1-5,8-10,14H,6-7,11-13H2,(H,27,30). The van der Waals surface area contributed by atoms with Gasteiger partial charge in [0.1, 0.15) is 17.3 Å². The summed E-state index contributed by atoms with van der Waals surface area (Å²) in [4.78, 5) is 18.0. The average molecular weight is 445 g/mol. The molecule has 1 saturated carbocycles. The number of amides is 1. The fourth-order valence-corrected chi connectivity index (χ4v) is 4.19. The Labute approximate surface area is 188 Å². The smallest absolute Gasteiger partial charge is 0.259 e. The summed E-state index contributed by atoms with van der Waals surface area (Å²) < 4.78 is 30.4.